The van der Waals surface area contributed by atoms with Gasteiger partial charge in [0.1, 0.15) is 12.6 Å². The molecule has 2 bridgehead atoms. The van der Waals surface area contributed by atoms with E-state index in [1.807, 2.05) is 24.3 Å². The first-order valence-electron chi connectivity index (χ1n) is 11.5. The third-order valence-electron chi connectivity index (χ3n) is 7.80. The fourth-order valence-corrected chi connectivity index (χ4v) is 5.54. The molecule has 1 saturated heterocycles. The van der Waals surface area contributed by atoms with Crippen LogP contribution in [-0.4, -0.2) is 62.9 Å². The summed E-state index contributed by atoms with van der Waals surface area (Å²) in [5.41, 5.74) is 3.81. The van der Waals surface area contributed by atoms with Crippen LogP contribution in [-0.2, 0) is 4.74 Å². The third-order valence-corrected chi connectivity index (χ3v) is 7.80. The highest BCUT2D eigenvalue weighted by molar-refractivity contribution is 5.94. The normalized spacial score (nSPS) is 26.7. The van der Waals surface area contributed by atoms with Crippen molar-refractivity contribution in [2.24, 2.45) is 17.3 Å². The highest BCUT2D eigenvalue weighted by atomic mass is 16.5. The van der Waals surface area contributed by atoms with Gasteiger partial charge in [-0.3, -0.25) is 4.79 Å². The molecule has 5 nitrogen and oxygen atoms in total. The molecule has 1 aromatic rings. The Morgan fingerprint density at radius 2 is 1.97 bits per heavy atom. The number of allylic oxidation sites excluding steroid dienone is 1. The van der Waals surface area contributed by atoms with Gasteiger partial charge in [0.25, 0.3) is 0 Å². The molecule has 0 unspecified atom stereocenters. The maximum absolute atomic E-state index is 11.4. The van der Waals surface area contributed by atoms with Crippen LogP contribution in [0.4, 0.5) is 5.69 Å². The second-order valence-corrected chi connectivity index (χ2v) is 10.0. The summed E-state index contributed by atoms with van der Waals surface area (Å²) in [5, 5.41) is 10.5. The van der Waals surface area contributed by atoms with E-state index in [9.17, 15) is 9.90 Å². The largest absolute Gasteiger partial charge is 0.385 e. The van der Waals surface area contributed by atoms with Crippen molar-refractivity contribution in [1.29, 1.82) is 0 Å². The van der Waals surface area contributed by atoms with Crippen molar-refractivity contribution in [3.05, 3.63) is 41.5 Å². The minimum absolute atomic E-state index is 0.104. The van der Waals surface area contributed by atoms with Crippen molar-refractivity contribution in [2.75, 3.05) is 50.8 Å². The molecule has 164 valence electrons. The van der Waals surface area contributed by atoms with E-state index in [0.717, 1.165) is 44.2 Å². The SMILES string of the molecule is CC(=O)c1ccc(N2CC[NH+](C[C@H](O)COCC3=CC[C@H]4C[C@@H]3C4(C)C)CC2)cc1. The average molecular weight is 414 g/mol. The summed E-state index contributed by atoms with van der Waals surface area (Å²) in [5.74, 6) is 1.63. The molecule has 5 heteroatoms. The quantitative estimate of drug-likeness (QED) is 0.505. The van der Waals surface area contributed by atoms with E-state index in [1.165, 1.54) is 29.0 Å². The van der Waals surface area contributed by atoms with E-state index in [1.54, 1.807) is 6.92 Å². The Hall–Kier alpha value is -1.69. The molecule has 1 saturated carbocycles. The summed E-state index contributed by atoms with van der Waals surface area (Å²) < 4.78 is 5.92. The van der Waals surface area contributed by atoms with Gasteiger partial charge < -0.3 is 19.6 Å². The molecule has 3 aliphatic carbocycles. The Kier molecular flexibility index (Phi) is 6.33. The van der Waals surface area contributed by atoms with E-state index >= 15 is 0 Å². The number of piperazine rings is 1. The van der Waals surface area contributed by atoms with Gasteiger partial charge in [-0.2, -0.15) is 0 Å². The smallest absolute Gasteiger partial charge is 0.159 e. The van der Waals surface area contributed by atoms with Gasteiger partial charge in [0, 0.05) is 11.3 Å². The van der Waals surface area contributed by atoms with Gasteiger partial charge in [0.15, 0.2) is 5.78 Å². The zero-order valence-corrected chi connectivity index (χ0v) is 18.7. The number of ketones is 1. The molecule has 2 N–H and O–H groups in total. The number of carbonyl (C=O) groups excluding carboxylic acids is 1. The van der Waals surface area contributed by atoms with Gasteiger partial charge in [0.2, 0.25) is 0 Å². The van der Waals surface area contributed by atoms with E-state index in [-0.39, 0.29) is 5.78 Å². The van der Waals surface area contributed by atoms with Crippen molar-refractivity contribution >= 4 is 11.5 Å². The number of anilines is 1. The Morgan fingerprint density at radius 1 is 1.27 bits per heavy atom. The first-order valence-corrected chi connectivity index (χ1v) is 11.5. The average Bonchev–Trinajstić information content (AvgIpc) is 2.74. The molecule has 4 aliphatic rings. The van der Waals surface area contributed by atoms with Crippen molar-refractivity contribution < 1.29 is 19.5 Å². The summed E-state index contributed by atoms with van der Waals surface area (Å²) in [7, 11) is 0. The number of benzene rings is 1. The Balaban J connectivity index is 1.16. The lowest BCUT2D eigenvalue weighted by atomic mass is 9.49. The first kappa shape index (κ1) is 21.5. The molecule has 2 fully saturated rings. The number of aliphatic hydroxyl groups is 1. The lowest BCUT2D eigenvalue weighted by Crippen LogP contribution is -3.16. The summed E-state index contributed by atoms with van der Waals surface area (Å²) in [4.78, 5) is 15.2. The number of Topliss-reactive ketones (excluding diaryl/α,β-unsaturated/α-hetero) is 1. The monoisotopic (exact) mass is 413 g/mol. The van der Waals surface area contributed by atoms with Crippen LogP contribution in [0.1, 0.15) is 44.0 Å². The maximum Gasteiger partial charge on any atom is 0.159 e. The number of quaternary nitrogens is 1. The molecule has 30 heavy (non-hydrogen) atoms. The molecule has 5 rings (SSSR count). The van der Waals surface area contributed by atoms with Gasteiger partial charge in [-0.1, -0.05) is 19.9 Å². The van der Waals surface area contributed by atoms with Crippen molar-refractivity contribution in [3.8, 4) is 0 Å². The number of nitrogens with zero attached hydrogens (tertiary/aromatic N) is 1. The summed E-state index contributed by atoms with van der Waals surface area (Å²) in [6, 6.07) is 7.89. The molecule has 0 aromatic heterocycles. The van der Waals surface area contributed by atoms with Crippen LogP contribution in [0.25, 0.3) is 0 Å². The van der Waals surface area contributed by atoms with Crippen molar-refractivity contribution in [2.45, 2.75) is 39.7 Å². The van der Waals surface area contributed by atoms with Crippen molar-refractivity contribution in [3.63, 3.8) is 0 Å². The van der Waals surface area contributed by atoms with Crippen LogP contribution in [0.2, 0.25) is 0 Å². The topological polar surface area (TPSA) is 54.2 Å². The van der Waals surface area contributed by atoms with Crippen LogP contribution < -0.4 is 9.80 Å². The molecular formula is C25H37N2O3+. The molecule has 0 spiro atoms. The number of rotatable bonds is 8. The van der Waals surface area contributed by atoms with Gasteiger partial charge >= 0.3 is 0 Å². The lowest BCUT2D eigenvalue weighted by molar-refractivity contribution is -0.903. The summed E-state index contributed by atoms with van der Waals surface area (Å²) in [6.07, 6.45) is 4.48. The molecule has 0 amide bonds. The van der Waals surface area contributed by atoms with Gasteiger partial charge in [-0.05, 0) is 66.9 Å². The Morgan fingerprint density at radius 3 is 2.57 bits per heavy atom. The van der Waals surface area contributed by atoms with E-state index in [0.29, 0.717) is 24.5 Å². The van der Waals surface area contributed by atoms with Crippen LogP contribution in [0.15, 0.2) is 35.9 Å². The number of fused-ring (bicyclic) bond motifs is 1. The molecule has 1 aromatic carbocycles. The lowest BCUT2D eigenvalue weighted by Gasteiger charge is -2.56. The maximum atomic E-state index is 11.4. The van der Waals surface area contributed by atoms with Crippen LogP contribution in [0.3, 0.4) is 0 Å². The number of carbonyl (C=O) groups is 1. The van der Waals surface area contributed by atoms with Crippen LogP contribution in [0.5, 0.6) is 0 Å². The predicted molar refractivity (Wildman–Crippen MR) is 119 cm³/mol. The van der Waals surface area contributed by atoms with Crippen LogP contribution >= 0.6 is 0 Å². The minimum Gasteiger partial charge on any atom is -0.385 e. The van der Waals surface area contributed by atoms with E-state index in [4.69, 9.17) is 4.74 Å². The number of hydrogen-bond acceptors (Lipinski definition) is 4. The molecule has 1 aliphatic heterocycles. The van der Waals surface area contributed by atoms with Gasteiger partial charge in [0.05, 0.1) is 39.4 Å². The second kappa shape index (κ2) is 8.81. The van der Waals surface area contributed by atoms with Gasteiger partial charge in [-0.25, -0.2) is 0 Å². The van der Waals surface area contributed by atoms with Crippen molar-refractivity contribution in [1.82, 2.24) is 0 Å². The third kappa shape index (κ3) is 4.48. The summed E-state index contributed by atoms with van der Waals surface area (Å²) in [6.45, 7) is 12.2. The molecule has 1 heterocycles. The zero-order chi connectivity index (χ0) is 21.3. The molecule has 3 atom stereocenters. The fourth-order valence-electron chi connectivity index (χ4n) is 5.54. The molecule has 0 radical (unpaired) electrons. The van der Waals surface area contributed by atoms with Crippen LogP contribution in [0, 0.1) is 17.3 Å². The number of nitrogens with one attached hydrogen (secondary N) is 1. The highest BCUT2D eigenvalue weighted by Crippen LogP contribution is 2.59. The van der Waals surface area contributed by atoms with Gasteiger partial charge in [-0.15, -0.1) is 0 Å². The standard InChI is InChI=1S/C25H36N2O3/c1-18(28)19-5-8-22(9-6-19)27-12-10-26(11-13-27)15-23(29)17-30-16-20-4-7-21-14-24(20)25(21,2)3/h4-6,8-9,21,23-24,29H,7,10-17H2,1-3H3/p+1/t21-,23-,24-/m0/s1. The Labute approximate surface area is 180 Å². The molecular weight excluding hydrogens is 376 g/mol. The number of ether oxygens (including phenoxy) is 1. The number of aliphatic hydroxyl groups excluding tert-OH is 1. The zero-order valence-electron chi connectivity index (χ0n) is 18.7. The second-order valence-electron chi connectivity index (χ2n) is 10.0. The van der Waals surface area contributed by atoms with E-state index in [2.05, 4.69) is 24.8 Å². The highest BCUT2D eigenvalue weighted by Gasteiger charge is 2.50. The summed E-state index contributed by atoms with van der Waals surface area (Å²) >= 11 is 0. The first-order chi connectivity index (χ1) is 14.3. The predicted octanol–water partition coefficient (Wildman–Crippen LogP) is 1.96. The fraction of sp³-hybridized carbons (Fsp3) is 0.640. The number of hydrogen-bond donors (Lipinski definition) is 2. The Bertz CT molecular complexity index is 778. The van der Waals surface area contributed by atoms with E-state index < -0.39 is 6.10 Å². The minimum atomic E-state index is -0.410.